The molecule has 1 saturated heterocycles. The minimum atomic E-state index is -3.38. The summed E-state index contributed by atoms with van der Waals surface area (Å²) in [6.07, 6.45) is 0.674. The van der Waals surface area contributed by atoms with Crippen molar-refractivity contribution in [3.63, 3.8) is 0 Å². The van der Waals surface area contributed by atoms with E-state index in [1.807, 2.05) is 0 Å². The largest absolute Gasteiger partial charge is 0.481 e. The van der Waals surface area contributed by atoms with Crippen LogP contribution in [0.25, 0.3) is 0 Å². The average molecular weight is 264 g/mol. The third-order valence-corrected chi connectivity index (χ3v) is 4.57. The highest BCUT2D eigenvalue weighted by atomic mass is 32.2. The van der Waals surface area contributed by atoms with E-state index in [2.05, 4.69) is 0 Å². The van der Waals surface area contributed by atoms with Crippen LogP contribution in [-0.2, 0) is 19.6 Å². The zero-order chi connectivity index (χ0) is 12.9. The maximum atomic E-state index is 11.8. The van der Waals surface area contributed by atoms with Crippen molar-refractivity contribution in [2.75, 3.05) is 31.9 Å². The molecule has 8 heteroatoms. The maximum absolute atomic E-state index is 11.8. The molecule has 17 heavy (non-hydrogen) atoms. The molecule has 0 atom stereocenters. The van der Waals surface area contributed by atoms with Crippen LogP contribution in [0, 0.1) is 0 Å². The second-order valence-corrected chi connectivity index (χ2v) is 5.94. The van der Waals surface area contributed by atoms with Gasteiger partial charge < -0.3 is 10.0 Å². The Morgan fingerprint density at radius 3 is 2.29 bits per heavy atom. The number of carboxylic acid groups (broad SMARTS) is 1. The molecule has 98 valence electrons. The van der Waals surface area contributed by atoms with Crippen molar-refractivity contribution in [1.29, 1.82) is 0 Å². The standard InChI is InChI=1S/C9H16N2O5S/c12-8-10-3-5-11(6-4-10)17(15,16)7-1-2-9(13)14/h8H,1-7H2,(H,13,14). The lowest BCUT2D eigenvalue weighted by Crippen LogP contribution is -2.48. The number of carbonyl (C=O) groups excluding carboxylic acids is 1. The molecule has 1 aliphatic heterocycles. The second kappa shape index (κ2) is 5.97. The monoisotopic (exact) mass is 264 g/mol. The van der Waals surface area contributed by atoms with Gasteiger partial charge in [0.1, 0.15) is 0 Å². The van der Waals surface area contributed by atoms with Crippen LogP contribution in [-0.4, -0.2) is 67.0 Å². The summed E-state index contributed by atoms with van der Waals surface area (Å²) in [5.74, 6) is -1.15. The van der Waals surface area contributed by atoms with E-state index in [9.17, 15) is 18.0 Å². The fourth-order valence-electron chi connectivity index (χ4n) is 1.62. The van der Waals surface area contributed by atoms with Crippen LogP contribution < -0.4 is 0 Å². The Bertz CT molecular complexity index is 373. The Morgan fingerprint density at radius 1 is 1.24 bits per heavy atom. The highest BCUT2D eigenvalue weighted by Crippen LogP contribution is 2.08. The summed E-state index contributed by atoms with van der Waals surface area (Å²) in [5.41, 5.74) is 0. The summed E-state index contributed by atoms with van der Waals surface area (Å²) < 4.78 is 24.9. The first-order chi connectivity index (χ1) is 7.95. The van der Waals surface area contributed by atoms with E-state index in [4.69, 9.17) is 5.11 Å². The van der Waals surface area contributed by atoms with E-state index in [0.717, 1.165) is 0 Å². The Hall–Kier alpha value is -1.15. The van der Waals surface area contributed by atoms with Gasteiger partial charge in [-0.3, -0.25) is 9.59 Å². The zero-order valence-electron chi connectivity index (χ0n) is 9.41. The Labute approximate surface area is 100 Å². The van der Waals surface area contributed by atoms with Gasteiger partial charge >= 0.3 is 5.97 Å². The van der Waals surface area contributed by atoms with E-state index >= 15 is 0 Å². The van der Waals surface area contributed by atoms with Crippen molar-refractivity contribution in [2.24, 2.45) is 0 Å². The fourth-order valence-corrected chi connectivity index (χ4v) is 3.11. The smallest absolute Gasteiger partial charge is 0.303 e. The molecular weight excluding hydrogens is 248 g/mol. The minimum Gasteiger partial charge on any atom is -0.481 e. The topological polar surface area (TPSA) is 95.0 Å². The van der Waals surface area contributed by atoms with Gasteiger partial charge in [0.2, 0.25) is 16.4 Å². The first-order valence-corrected chi connectivity index (χ1v) is 6.95. The van der Waals surface area contributed by atoms with Crippen LogP contribution >= 0.6 is 0 Å². The Balaban J connectivity index is 2.43. The molecule has 0 aromatic rings. The SMILES string of the molecule is O=CN1CCN(S(=O)(=O)CCCC(=O)O)CC1. The highest BCUT2D eigenvalue weighted by Gasteiger charge is 2.25. The van der Waals surface area contributed by atoms with Gasteiger partial charge in [-0.25, -0.2) is 8.42 Å². The number of amides is 1. The zero-order valence-corrected chi connectivity index (χ0v) is 10.2. The summed E-state index contributed by atoms with van der Waals surface area (Å²) >= 11 is 0. The van der Waals surface area contributed by atoms with E-state index in [1.54, 1.807) is 0 Å². The van der Waals surface area contributed by atoms with Crippen LogP contribution in [0.2, 0.25) is 0 Å². The van der Waals surface area contributed by atoms with Gasteiger partial charge in [0.15, 0.2) is 0 Å². The number of hydrogen-bond donors (Lipinski definition) is 1. The molecule has 7 nitrogen and oxygen atoms in total. The molecule has 1 N–H and O–H groups in total. The first kappa shape index (κ1) is 13.9. The maximum Gasteiger partial charge on any atom is 0.303 e. The van der Waals surface area contributed by atoms with Crippen LogP contribution in [0.3, 0.4) is 0 Å². The minimum absolute atomic E-state index is 0.117. The molecule has 0 aromatic heterocycles. The number of nitrogens with zero attached hydrogens (tertiary/aromatic N) is 2. The number of carboxylic acids is 1. The van der Waals surface area contributed by atoms with Gasteiger partial charge in [0.25, 0.3) is 0 Å². The van der Waals surface area contributed by atoms with Crippen LogP contribution in [0.1, 0.15) is 12.8 Å². The number of hydrogen-bond acceptors (Lipinski definition) is 4. The van der Waals surface area contributed by atoms with Crippen molar-refractivity contribution >= 4 is 22.4 Å². The van der Waals surface area contributed by atoms with Gasteiger partial charge in [-0.2, -0.15) is 4.31 Å². The summed E-state index contributed by atoms with van der Waals surface area (Å²) in [7, 11) is -3.38. The predicted octanol–water partition coefficient (Wildman–Crippen LogP) is -1.04. The molecule has 0 radical (unpaired) electrons. The van der Waals surface area contributed by atoms with Crippen LogP contribution in [0.4, 0.5) is 0 Å². The molecule has 1 aliphatic rings. The molecule has 0 bridgehead atoms. The number of aliphatic carboxylic acids is 1. The number of carbonyl (C=O) groups is 2. The molecule has 1 rings (SSSR count). The number of piperazine rings is 1. The van der Waals surface area contributed by atoms with E-state index in [0.29, 0.717) is 19.5 Å². The summed E-state index contributed by atoms with van der Waals surface area (Å²) in [6.45, 7) is 1.35. The first-order valence-electron chi connectivity index (χ1n) is 5.34. The summed E-state index contributed by atoms with van der Waals surface area (Å²) in [5, 5.41) is 8.43. The van der Waals surface area contributed by atoms with Gasteiger partial charge in [0.05, 0.1) is 5.75 Å². The van der Waals surface area contributed by atoms with Crippen molar-refractivity contribution in [1.82, 2.24) is 9.21 Å². The lowest BCUT2D eigenvalue weighted by molar-refractivity contribution is -0.137. The van der Waals surface area contributed by atoms with E-state index in [-0.39, 0.29) is 31.7 Å². The molecule has 0 saturated carbocycles. The highest BCUT2D eigenvalue weighted by molar-refractivity contribution is 7.89. The van der Waals surface area contributed by atoms with E-state index < -0.39 is 16.0 Å². The third kappa shape index (κ3) is 4.31. The third-order valence-electron chi connectivity index (χ3n) is 2.61. The second-order valence-electron chi connectivity index (χ2n) is 3.85. The molecule has 0 aromatic carbocycles. The van der Waals surface area contributed by atoms with Gasteiger partial charge in [-0.1, -0.05) is 0 Å². The van der Waals surface area contributed by atoms with E-state index in [1.165, 1.54) is 9.21 Å². The molecule has 1 fully saturated rings. The quantitative estimate of drug-likeness (QED) is 0.618. The molecule has 1 amide bonds. The average Bonchev–Trinajstić information content (AvgIpc) is 2.28. The van der Waals surface area contributed by atoms with Gasteiger partial charge in [0, 0.05) is 32.6 Å². The predicted molar refractivity (Wildman–Crippen MR) is 59.9 cm³/mol. The number of rotatable bonds is 6. The summed E-state index contributed by atoms with van der Waals surface area (Å²) in [4.78, 5) is 22.3. The van der Waals surface area contributed by atoms with Crippen LogP contribution in [0.15, 0.2) is 0 Å². The molecule has 0 spiro atoms. The van der Waals surface area contributed by atoms with Crippen molar-refractivity contribution in [3.05, 3.63) is 0 Å². The lowest BCUT2D eigenvalue weighted by Gasteiger charge is -2.31. The van der Waals surface area contributed by atoms with Gasteiger partial charge in [-0.15, -0.1) is 0 Å². The van der Waals surface area contributed by atoms with Crippen molar-refractivity contribution in [2.45, 2.75) is 12.8 Å². The fraction of sp³-hybridized carbons (Fsp3) is 0.778. The van der Waals surface area contributed by atoms with Gasteiger partial charge in [-0.05, 0) is 6.42 Å². The normalized spacial score (nSPS) is 18.0. The molecular formula is C9H16N2O5S. The lowest BCUT2D eigenvalue weighted by atomic mass is 10.3. The Morgan fingerprint density at radius 2 is 1.82 bits per heavy atom. The molecule has 0 unspecified atom stereocenters. The van der Waals surface area contributed by atoms with Crippen LogP contribution in [0.5, 0.6) is 0 Å². The molecule has 1 heterocycles. The number of sulfonamides is 1. The Kier molecular flexibility index (Phi) is 4.88. The molecule has 0 aliphatic carbocycles. The van der Waals surface area contributed by atoms with Crippen molar-refractivity contribution < 1.29 is 23.1 Å². The summed E-state index contributed by atoms with van der Waals surface area (Å²) in [6, 6.07) is 0. The van der Waals surface area contributed by atoms with Crippen molar-refractivity contribution in [3.8, 4) is 0 Å².